The maximum Gasteiger partial charge on any atom is 0.264 e. The van der Waals surface area contributed by atoms with Gasteiger partial charge in [-0.3, -0.25) is 9.10 Å². The van der Waals surface area contributed by atoms with Gasteiger partial charge in [0, 0.05) is 6.07 Å². The second-order valence-corrected chi connectivity index (χ2v) is 8.71. The van der Waals surface area contributed by atoms with Gasteiger partial charge in [0.05, 0.1) is 31.0 Å². The molecule has 1 amide bonds. The quantitative estimate of drug-likeness (QED) is 0.367. The van der Waals surface area contributed by atoms with E-state index in [9.17, 15) is 22.0 Å². The fourth-order valence-electron chi connectivity index (χ4n) is 2.92. The van der Waals surface area contributed by atoms with Gasteiger partial charge in [-0.1, -0.05) is 12.1 Å². The van der Waals surface area contributed by atoms with Crippen LogP contribution in [-0.2, 0) is 14.8 Å². The molecule has 3 aromatic carbocycles. The van der Waals surface area contributed by atoms with Gasteiger partial charge in [-0.2, -0.15) is 5.10 Å². The number of rotatable bonds is 9. The molecule has 0 aliphatic heterocycles. The third-order valence-electron chi connectivity index (χ3n) is 4.62. The minimum absolute atomic E-state index is 0.0637. The van der Waals surface area contributed by atoms with Gasteiger partial charge in [0.15, 0.2) is 11.5 Å². The van der Waals surface area contributed by atoms with E-state index in [4.69, 9.17) is 9.47 Å². The van der Waals surface area contributed by atoms with Crippen molar-refractivity contribution < 1.29 is 31.5 Å². The highest BCUT2D eigenvalue weighted by Gasteiger charge is 2.28. The van der Waals surface area contributed by atoms with Crippen LogP contribution < -0.4 is 19.2 Å². The van der Waals surface area contributed by atoms with E-state index in [2.05, 4.69) is 10.5 Å². The number of carbonyl (C=O) groups excluding carboxylic acids is 1. The summed E-state index contributed by atoms with van der Waals surface area (Å²) in [6.45, 7) is -0.650. The molecule has 0 aliphatic rings. The van der Waals surface area contributed by atoms with E-state index in [1.54, 1.807) is 0 Å². The van der Waals surface area contributed by atoms with Gasteiger partial charge in [-0.05, 0) is 54.1 Å². The number of methoxy groups -OCH3 is 2. The van der Waals surface area contributed by atoms with E-state index in [1.807, 2.05) is 0 Å². The number of benzene rings is 3. The first-order chi connectivity index (χ1) is 16.2. The number of ether oxygens (including phenoxy) is 2. The molecule has 0 atom stereocenters. The number of nitrogens with zero attached hydrogens (tertiary/aromatic N) is 2. The van der Waals surface area contributed by atoms with Crippen LogP contribution in [0.1, 0.15) is 5.56 Å². The molecule has 1 N–H and O–H groups in total. The lowest BCUT2D eigenvalue weighted by atomic mass is 10.2. The molecule has 0 saturated heterocycles. The van der Waals surface area contributed by atoms with Gasteiger partial charge in [-0.15, -0.1) is 0 Å². The minimum atomic E-state index is -4.28. The lowest BCUT2D eigenvalue weighted by Crippen LogP contribution is -2.39. The Hall–Kier alpha value is -3.99. The maximum atomic E-state index is 13.4. The molecule has 178 valence electrons. The Labute approximate surface area is 195 Å². The molecule has 0 saturated carbocycles. The summed E-state index contributed by atoms with van der Waals surface area (Å²) in [4.78, 5) is 12.4. The number of carbonyl (C=O) groups is 1. The van der Waals surface area contributed by atoms with Crippen LogP contribution in [0.2, 0.25) is 0 Å². The molecule has 0 fully saturated rings. The zero-order valence-electron chi connectivity index (χ0n) is 18.2. The van der Waals surface area contributed by atoms with Crippen molar-refractivity contribution in [2.75, 3.05) is 25.1 Å². The van der Waals surface area contributed by atoms with E-state index in [1.165, 1.54) is 75.0 Å². The highest BCUT2D eigenvalue weighted by molar-refractivity contribution is 7.92. The Morgan fingerprint density at radius 2 is 1.53 bits per heavy atom. The van der Waals surface area contributed by atoms with Crippen molar-refractivity contribution in [1.29, 1.82) is 0 Å². The van der Waals surface area contributed by atoms with Crippen molar-refractivity contribution >= 4 is 27.8 Å². The first kappa shape index (κ1) is 24.6. The number of halogens is 2. The van der Waals surface area contributed by atoms with Crippen molar-refractivity contribution in [3.05, 3.63) is 83.9 Å². The second-order valence-electron chi connectivity index (χ2n) is 6.85. The van der Waals surface area contributed by atoms with Crippen LogP contribution in [0.3, 0.4) is 0 Å². The molecule has 34 heavy (non-hydrogen) atoms. The lowest BCUT2D eigenvalue weighted by molar-refractivity contribution is -0.119. The Morgan fingerprint density at radius 1 is 0.941 bits per heavy atom. The topological polar surface area (TPSA) is 97.3 Å². The van der Waals surface area contributed by atoms with E-state index >= 15 is 0 Å². The van der Waals surface area contributed by atoms with Crippen LogP contribution in [0, 0.1) is 11.6 Å². The van der Waals surface area contributed by atoms with Crippen molar-refractivity contribution in [2.24, 2.45) is 5.10 Å². The number of hydrogen-bond donors (Lipinski definition) is 1. The first-order valence-electron chi connectivity index (χ1n) is 9.82. The molecule has 0 unspecified atom stereocenters. The van der Waals surface area contributed by atoms with Crippen LogP contribution in [0.4, 0.5) is 14.5 Å². The Balaban J connectivity index is 1.88. The smallest absolute Gasteiger partial charge is 0.264 e. The van der Waals surface area contributed by atoms with Gasteiger partial charge in [0.1, 0.15) is 18.2 Å². The fraction of sp³-hybridized carbons (Fsp3) is 0.130. The average molecular weight is 490 g/mol. The second kappa shape index (κ2) is 10.8. The molecule has 0 aromatic heterocycles. The third-order valence-corrected chi connectivity index (χ3v) is 6.39. The minimum Gasteiger partial charge on any atom is -0.493 e. The zero-order valence-corrected chi connectivity index (χ0v) is 19.1. The molecule has 0 aliphatic carbocycles. The summed E-state index contributed by atoms with van der Waals surface area (Å²) in [5.41, 5.74) is 2.82. The molecule has 11 heteroatoms. The summed E-state index contributed by atoms with van der Waals surface area (Å²) in [5.74, 6) is -1.25. The molecule has 0 bridgehead atoms. The standard InChI is InChI=1S/C23H21F2N3O5S/c1-32-21-12-11-20(13-22(21)33-2)34(30,31)28(19-9-7-18(25)8-10-19)15-23(29)27-26-14-16-3-5-17(24)6-4-16/h3-14H,15H2,1-2H3,(H,27,29)/b26-14-. The summed E-state index contributed by atoms with van der Waals surface area (Å²) in [7, 11) is -1.51. The highest BCUT2D eigenvalue weighted by atomic mass is 32.2. The largest absolute Gasteiger partial charge is 0.493 e. The zero-order chi connectivity index (χ0) is 24.7. The molecular formula is C23H21F2N3O5S. The van der Waals surface area contributed by atoms with Crippen LogP contribution in [-0.4, -0.2) is 41.3 Å². The molecule has 0 spiro atoms. The normalized spacial score (nSPS) is 11.3. The molecular weight excluding hydrogens is 468 g/mol. The Morgan fingerprint density at radius 3 is 2.12 bits per heavy atom. The van der Waals surface area contributed by atoms with Crippen LogP contribution >= 0.6 is 0 Å². The third kappa shape index (κ3) is 5.87. The first-order valence-corrected chi connectivity index (χ1v) is 11.3. The number of sulfonamides is 1. The SMILES string of the molecule is COc1ccc(S(=O)(=O)N(CC(=O)N/N=C\c2ccc(F)cc2)c2ccc(F)cc2)cc1OC. The molecule has 3 rings (SSSR count). The number of hydrogen-bond acceptors (Lipinski definition) is 6. The number of anilines is 1. The Bertz CT molecular complexity index is 1280. The van der Waals surface area contributed by atoms with Crippen molar-refractivity contribution in [2.45, 2.75) is 4.90 Å². The predicted octanol–water partition coefficient (Wildman–Crippen LogP) is 3.33. The number of amides is 1. The van der Waals surface area contributed by atoms with E-state index in [-0.39, 0.29) is 16.3 Å². The van der Waals surface area contributed by atoms with Gasteiger partial charge >= 0.3 is 0 Å². The summed E-state index contributed by atoms with van der Waals surface area (Å²) in [6, 6.07) is 14.0. The van der Waals surface area contributed by atoms with Crippen LogP contribution in [0.25, 0.3) is 0 Å². The van der Waals surface area contributed by atoms with Gasteiger partial charge in [0.25, 0.3) is 15.9 Å². The van der Waals surface area contributed by atoms with Crippen LogP contribution in [0.15, 0.2) is 76.7 Å². The monoisotopic (exact) mass is 489 g/mol. The van der Waals surface area contributed by atoms with E-state index < -0.39 is 34.1 Å². The van der Waals surface area contributed by atoms with Crippen molar-refractivity contribution in [1.82, 2.24) is 5.43 Å². The Kier molecular flexibility index (Phi) is 7.79. The van der Waals surface area contributed by atoms with Gasteiger partial charge in [0.2, 0.25) is 0 Å². The maximum absolute atomic E-state index is 13.4. The van der Waals surface area contributed by atoms with Gasteiger partial charge < -0.3 is 9.47 Å². The summed E-state index contributed by atoms with van der Waals surface area (Å²) >= 11 is 0. The van der Waals surface area contributed by atoms with E-state index in [0.717, 1.165) is 16.4 Å². The fourth-order valence-corrected chi connectivity index (χ4v) is 4.36. The number of nitrogens with one attached hydrogen (secondary N) is 1. The van der Waals surface area contributed by atoms with Gasteiger partial charge in [-0.25, -0.2) is 22.6 Å². The van der Waals surface area contributed by atoms with Crippen molar-refractivity contribution in [3.63, 3.8) is 0 Å². The summed E-state index contributed by atoms with van der Waals surface area (Å²) in [6.07, 6.45) is 1.28. The van der Waals surface area contributed by atoms with E-state index in [0.29, 0.717) is 11.3 Å². The molecule has 8 nitrogen and oxygen atoms in total. The average Bonchev–Trinajstić information content (AvgIpc) is 2.84. The summed E-state index contributed by atoms with van der Waals surface area (Å²) < 4.78 is 64.4. The van der Waals surface area contributed by atoms with Crippen molar-refractivity contribution in [3.8, 4) is 11.5 Å². The summed E-state index contributed by atoms with van der Waals surface area (Å²) in [5, 5.41) is 3.77. The molecule has 3 aromatic rings. The lowest BCUT2D eigenvalue weighted by Gasteiger charge is -2.24. The molecule has 0 heterocycles. The predicted molar refractivity (Wildman–Crippen MR) is 123 cm³/mol. The highest BCUT2D eigenvalue weighted by Crippen LogP contribution is 2.32. The number of hydrazone groups is 1. The molecule has 0 radical (unpaired) electrons. The van der Waals surface area contributed by atoms with Crippen LogP contribution in [0.5, 0.6) is 11.5 Å².